The quantitative estimate of drug-likeness (QED) is 0.752. The highest BCUT2D eigenvalue weighted by molar-refractivity contribution is 5.66. The first-order valence-electron chi connectivity index (χ1n) is 5.66. The van der Waals surface area contributed by atoms with Crippen LogP contribution in [0.1, 0.15) is 24.5 Å². The van der Waals surface area contributed by atoms with Crippen LogP contribution in [0.5, 0.6) is 0 Å². The molecule has 1 unspecified atom stereocenters. The van der Waals surface area contributed by atoms with Gasteiger partial charge in [0.2, 0.25) is 0 Å². The van der Waals surface area contributed by atoms with Gasteiger partial charge in [0.15, 0.2) is 0 Å². The molecule has 5 nitrogen and oxygen atoms in total. The van der Waals surface area contributed by atoms with Gasteiger partial charge in [0, 0.05) is 24.4 Å². The van der Waals surface area contributed by atoms with Crippen LogP contribution in [-0.2, 0) is 4.79 Å². The van der Waals surface area contributed by atoms with Crippen LogP contribution in [0.2, 0.25) is 0 Å². The summed E-state index contributed by atoms with van der Waals surface area (Å²) >= 11 is 0. The normalized spacial score (nSPS) is 12.3. The van der Waals surface area contributed by atoms with Gasteiger partial charge in [-0.3, -0.25) is 4.79 Å². The Hall–Kier alpha value is -2.14. The zero-order valence-corrected chi connectivity index (χ0v) is 9.71. The fourth-order valence-electron chi connectivity index (χ4n) is 1.71. The van der Waals surface area contributed by atoms with Gasteiger partial charge in [0.05, 0.1) is 6.10 Å². The van der Waals surface area contributed by atoms with E-state index in [-0.39, 0.29) is 12.8 Å². The van der Waals surface area contributed by atoms with Gasteiger partial charge in [-0.25, -0.2) is 4.98 Å². The van der Waals surface area contributed by atoms with Crippen molar-refractivity contribution in [1.29, 1.82) is 0 Å². The molecule has 94 valence electrons. The molecule has 1 heterocycles. The van der Waals surface area contributed by atoms with Crippen molar-refractivity contribution < 1.29 is 15.0 Å². The lowest BCUT2D eigenvalue weighted by molar-refractivity contribution is -0.137. The van der Waals surface area contributed by atoms with E-state index < -0.39 is 12.1 Å². The number of imidazole rings is 1. The van der Waals surface area contributed by atoms with Crippen LogP contribution < -0.4 is 0 Å². The Kier molecular flexibility index (Phi) is 3.74. The van der Waals surface area contributed by atoms with Crippen molar-refractivity contribution in [2.45, 2.75) is 18.9 Å². The molecule has 18 heavy (non-hydrogen) atoms. The van der Waals surface area contributed by atoms with Gasteiger partial charge in [0.25, 0.3) is 0 Å². The summed E-state index contributed by atoms with van der Waals surface area (Å²) in [5, 5.41) is 18.4. The molecule has 1 atom stereocenters. The second-order valence-corrected chi connectivity index (χ2v) is 4.01. The molecule has 0 saturated carbocycles. The average molecular weight is 246 g/mol. The number of hydrogen-bond acceptors (Lipinski definition) is 3. The number of rotatable bonds is 5. The molecule has 0 bridgehead atoms. The van der Waals surface area contributed by atoms with Crippen molar-refractivity contribution >= 4 is 5.97 Å². The van der Waals surface area contributed by atoms with Crippen LogP contribution in [0.3, 0.4) is 0 Å². The number of hydrogen-bond donors (Lipinski definition) is 3. The van der Waals surface area contributed by atoms with E-state index in [9.17, 15) is 9.90 Å². The summed E-state index contributed by atoms with van der Waals surface area (Å²) in [7, 11) is 0. The Morgan fingerprint density at radius 1 is 1.33 bits per heavy atom. The second kappa shape index (κ2) is 5.46. The van der Waals surface area contributed by atoms with E-state index in [1.165, 1.54) is 0 Å². The number of carboxylic acids is 1. The fraction of sp³-hybridized carbons (Fsp3) is 0.231. The minimum Gasteiger partial charge on any atom is -0.481 e. The lowest BCUT2D eigenvalue weighted by Gasteiger charge is -2.09. The smallest absolute Gasteiger partial charge is 0.303 e. The number of benzene rings is 1. The molecular formula is C13H14N2O3. The highest BCUT2D eigenvalue weighted by atomic mass is 16.4. The molecule has 0 aliphatic heterocycles. The van der Waals surface area contributed by atoms with Crippen LogP contribution in [0, 0.1) is 0 Å². The molecule has 2 aromatic rings. The maximum atomic E-state index is 10.4. The Morgan fingerprint density at radius 3 is 2.61 bits per heavy atom. The van der Waals surface area contributed by atoms with Gasteiger partial charge in [-0.1, -0.05) is 24.3 Å². The summed E-state index contributed by atoms with van der Waals surface area (Å²) in [6.45, 7) is 0. The SMILES string of the molecule is O=C(O)CCC(O)c1ccc(-c2ncc[nH]2)cc1. The maximum absolute atomic E-state index is 10.4. The molecular weight excluding hydrogens is 232 g/mol. The number of carboxylic acid groups (broad SMARTS) is 1. The van der Waals surface area contributed by atoms with Crippen molar-refractivity contribution in [3.8, 4) is 11.4 Å². The predicted octanol–water partition coefficient (Wildman–Crippen LogP) is 1.97. The molecule has 0 aliphatic rings. The highest BCUT2D eigenvalue weighted by Crippen LogP contribution is 2.21. The predicted molar refractivity (Wildman–Crippen MR) is 65.9 cm³/mol. The van der Waals surface area contributed by atoms with Crippen LogP contribution in [0.4, 0.5) is 0 Å². The van der Waals surface area contributed by atoms with E-state index in [1.807, 2.05) is 12.1 Å². The minimum atomic E-state index is -0.902. The first-order valence-corrected chi connectivity index (χ1v) is 5.66. The van der Waals surface area contributed by atoms with E-state index in [0.717, 1.165) is 11.4 Å². The summed E-state index contributed by atoms with van der Waals surface area (Å²) in [6, 6.07) is 7.26. The molecule has 0 fully saturated rings. The third-order valence-electron chi connectivity index (χ3n) is 2.70. The van der Waals surface area contributed by atoms with Crippen LogP contribution in [-0.4, -0.2) is 26.2 Å². The van der Waals surface area contributed by atoms with Crippen molar-refractivity contribution in [2.75, 3.05) is 0 Å². The lowest BCUT2D eigenvalue weighted by Crippen LogP contribution is -2.02. The maximum Gasteiger partial charge on any atom is 0.303 e. The van der Waals surface area contributed by atoms with E-state index in [0.29, 0.717) is 5.56 Å². The molecule has 0 saturated heterocycles. The fourth-order valence-corrected chi connectivity index (χ4v) is 1.71. The van der Waals surface area contributed by atoms with Crippen molar-refractivity contribution in [2.24, 2.45) is 0 Å². The van der Waals surface area contributed by atoms with Gasteiger partial charge in [0.1, 0.15) is 5.82 Å². The molecule has 2 rings (SSSR count). The van der Waals surface area contributed by atoms with E-state index in [4.69, 9.17) is 5.11 Å². The van der Waals surface area contributed by atoms with Gasteiger partial charge in [-0.05, 0) is 12.0 Å². The molecule has 0 amide bonds. The number of nitrogens with zero attached hydrogens (tertiary/aromatic N) is 1. The highest BCUT2D eigenvalue weighted by Gasteiger charge is 2.10. The van der Waals surface area contributed by atoms with E-state index >= 15 is 0 Å². The standard InChI is InChI=1S/C13H14N2O3/c16-11(5-6-12(17)18)9-1-3-10(4-2-9)13-14-7-8-15-13/h1-4,7-8,11,16H,5-6H2,(H,14,15)(H,17,18). The Morgan fingerprint density at radius 2 is 2.06 bits per heavy atom. The van der Waals surface area contributed by atoms with Crippen molar-refractivity contribution in [1.82, 2.24) is 9.97 Å². The number of aromatic nitrogens is 2. The Bertz CT molecular complexity index is 506. The van der Waals surface area contributed by atoms with E-state index in [1.54, 1.807) is 24.5 Å². The van der Waals surface area contributed by atoms with E-state index in [2.05, 4.69) is 9.97 Å². The van der Waals surface area contributed by atoms with Gasteiger partial charge < -0.3 is 15.2 Å². The lowest BCUT2D eigenvalue weighted by atomic mass is 10.0. The monoisotopic (exact) mass is 246 g/mol. The average Bonchev–Trinajstić information content (AvgIpc) is 2.90. The number of carbonyl (C=O) groups is 1. The summed E-state index contributed by atoms with van der Waals surface area (Å²) in [5.41, 5.74) is 1.64. The molecule has 0 aliphatic carbocycles. The molecule has 0 radical (unpaired) electrons. The molecule has 5 heteroatoms. The number of aliphatic hydroxyl groups is 1. The second-order valence-electron chi connectivity index (χ2n) is 4.01. The number of aliphatic carboxylic acids is 1. The zero-order valence-electron chi connectivity index (χ0n) is 9.71. The topological polar surface area (TPSA) is 86.2 Å². The van der Waals surface area contributed by atoms with Gasteiger partial charge >= 0.3 is 5.97 Å². The summed E-state index contributed by atoms with van der Waals surface area (Å²) < 4.78 is 0. The molecule has 3 N–H and O–H groups in total. The third kappa shape index (κ3) is 2.95. The number of nitrogens with one attached hydrogen (secondary N) is 1. The number of aliphatic hydroxyl groups excluding tert-OH is 1. The molecule has 1 aromatic carbocycles. The number of aromatic amines is 1. The minimum absolute atomic E-state index is 0.0406. The van der Waals surface area contributed by atoms with Crippen LogP contribution in [0.25, 0.3) is 11.4 Å². The molecule has 0 spiro atoms. The van der Waals surface area contributed by atoms with Gasteiger partial charge in [-0.2, -0.15) is 0 Å². The summed E-state index contributed by atoms with van der Waals surface area (Å²) in [6.07, 6.45) is 2.85. The third-order valence-corrected chi connectivity index (χ3v) is 2.70. The van der Waals surface area contributed by atoms with Crippen molar-refractivity contribution in [3.63, 3.8) is 0 Å². The van der Waals surface area contributed by atoms with Crippen LogP contribution in [0.15, 0.2) is 36.7 Å². The zero-order chi connectivity index (χ0) is 13.0. The summed E-state index contributed by atoms with van der Waals surface area (Å²) in [5.74, 6) is -0.136. The first kappa shape index (κ1) is 12.3. The first-order chi connectivity index (χ1) is 8.66. The summed E-state index contributed by atoms with van der Waals surface area (Å²) in [4.78, 5) is 17.5. The number of H-pyrrole nitrogens is 1. The Balaban J connectivity index is 2.05. The Labute approximate surface area is 104 Å². The van der Waals surface area contributed by atoms with Gasteiger partial charge in [-0.15, -0.1) is 0 Å². The largest absolute Gasteiger partial charge is 0.481 e. The van der Waals surface area contributed by atoms with Crippen molar-refractivity contribution in [3.05, 3.63) is 42.2 Å². The van der Waals surface area contributed by atoms with Crippen LogP contribution >= 0.6 is 0 Å². The molecule has 1 aromatic heterocycles.